The van der Waals surface area contributed by atoms with Crippen molar-refractivity contribution in [1.29, 1.82) is 0 Å². The van der Waals surface area contributed by atoms with Crippen LogP contribution >= 0.6 is 0 Å². The third kappa shape index (κ3) is 4.76. The van der Waals surface area contributed by atoms with E-state index in [4.69, 9.17) is 13.9 Å². The number of aromatic nitrogens is 1. The van der Waals surface area contributed by atoms with Gasteiger partial charge in [-0.25, -0.2) is 0 Å². The highest BCUT2D eigenvalue weighted by molar-refractivity contribution is 5.91. The number of hydrogen-bond acceptors (Lipinski definition) is 5. The number of nitrogens with one attached hydrogen (secondary N) is 1. The van der Waals surface area contributed by atoms with Crippen molar-refractivity contribution in [2.24, 2.45) is 0 Å². The van der Waals surface area contributed by atoms with Crippen LogP contribution in [0.5, 0.6) is 11.5 Å². The molecule has 0 saturated carbocycles. The first kappa shape index (κ1) is 18.3. The molecule has 6 heteroatoms. The summed E-state index contributed by atoms with van der Waals surface area (Å²) in [4.78, 5) is 16.3. The van der Waals surface area contributed by atoms with Gasteiger partial charge in [-0.15, -0.1) is 0 Å². The second-order valence-corrected chi connectivity index (χ2v) is 5.72. The van der Waals surface area contributed by atoms with Crippen molar-refractivity contribution in [2.75, 3.05) is 14.2 Å². The molecule has 1 aromatic carbocycles. The molecular weight excluding hydrogens is 344 g/mol. The number of methoxy groups -OCH3 is 2. The van der Waals surface area contributed by atoms with Crippen molar-refractivity contribution >= 4 is 12.0 Å². The fourth-order valence-corrected chi connectivity index (χ4v) is 2.54. The summed E-state index contributed by atoms with van der Waals surface area (Å²) in [6.45, 7) is 0.372. The number of rotatable bonds is 7. The van der Waals surface area contributed by atoms with Crippen LogP contribution in [0, 0.1) is 0 Å². The Labute approximate surface area is 157 Å². The Kier molecular flexibility index (Phi) is 5.89. The van der Waals surface area contributed by atoms with Crippen molar-refractivity contribution in [3.05, 3.63) is 72.3 Å². The van der Waals surface area contributed by atoms with Crippen LogP contribution in [0.25, 0.3) is 17.4 Å². The standard InChI is InChI=1S/C21H20N2O4/c1-25-19-7-5-15(11-20(19)26-2)6-8-21(24)23-13-16-10-17(14-22-12-16)18-4-3-9-27-18/h3-12,14H,13H2,1-2H3,(H,23,24)/b8-6+. The molecule has 0 saturated heterocycles. The van der Waals surface area contributed by atoms with E-state index in [1.165, 1.54) is 6.08 Å². The SMILES string of the molecule is COc1ccc(/C=C/C(=O)NCc2cncc(-c3ccco3)c2)cc1OC. The van der Waals surface area contributed by atoms with Gasteiger partial charge < -0.3 is 19.2 Å². The average Bonchev–Trinajstić information content (AvgIpc) is 3.25. The molecule has 138 valence electrons. The van der Waals surface area contributed by atoms with Crippen LogP contribution in [-0.2, 0) is 11.3 Å². The molecular formula is C21H20N2O4. The van der Waals surface area contributed by atoms with E-state index in [0.29, 0.717) is 18.0 Å². The Morgan fingerprint density at radius 1 is 1.15 bits per heavy atom. The molecule has 0 atom stereocenters. The lowest BCUT2D eigenvalue weighted by molar-refractivity contribution is -0.116. The fraction of sp³-hybridized carbons (Fsp3) is 0.143. The minimum atomic E-state index is -0.201. The Hall–Kier alpha value is -3.54. The van der Waals surface area contributed by atoms with Gasteiger partial charge in [-0.05, 0) is 47.5 Å². The predicted molar refractivity (Wildman–Crippen MR) is 102 cm³/mol. The topological polar surface area (TPSA) is 73.6 Å². The summed E-state index contributed by atoms with van der Waals surface area (Å²) in [6, 6.07) is 11.1. The first-order valence-corrected chi connectivity index (χ1v) is 8.35. The van der Waals surface area contributed by atoms with Gasteiger partial charge in [-0.3, -0.25) is 9.78 Å². The van der Waals surface area contributed by atoms with E-state index in [1.54, 1.807) is 51.1 Å². The van der Waals surface area contributed by atoms with Crippen molar-refractivity contribution in [3.8, 4) is 22.8 Å². The third-order valence-electron chi connectivity index (χ3n) is 3.90. The molecule has 0 spiro atoms. The molecule has 0 aliphatic heterocycles. The molecule has 27 heavy (non-hydrogen) atoms. The van der Waals surface area contributed by atoms with Gasteiger partial charge >= 0.3 is 0 Å². The number of benzene rings is 1. The summed E-state index contributed by atoms with van der Waals surface area (Å²) in [6.07, 6.45) is 8.24. The quantitative estimate of drug-likeness (QED) is 0.647. The molecule has 0 aliphatic carbocycles. The highest BCUT2D eigenvalue weighted by Crippen LogP contribution is 2.28. The number of carbonyl (C=O) groups excluding carboxylic acids is 1. The fourth-order valence-electron chi connectivity index (χ4n) is 2.54. The van der Waals surface area contributed by atoms with Crippen LogP contribution < -0.4 is 14.8 Å². The summed E-state index contributed by atoms with van der Waals surface area (Å²) in [5.41, 5.74) is 2.59. The second kappa shape index (κ2) is 8.71. The van der Waals surface area contributed by atoms with E-state index >= 15 is 0 Å². The van der Waals surface area contributed by atoms with E-state index < -0.39 is 0 Å². The lowest BCUT2D eigenvalue weighted by atomic mass is 10.1. The van der Waals surface area contributed by atoms with Crippen LogP contribution in [0.15, 0.2) is 65.5 Å². The van der Waals surface area contributed by atoms with Gasteiger partial charge in [-0.2, -0.15) is 0 Å². The largest absolute Gasteiger partial charge is 0.493 e. The molecule has 3 aromatic rings. The molecule has 0 fully saturated rings. The van der Waals surface area contributed by atoms with Gasteiger partial charge in [0.1, 0.15) is 5.76 Å². The first-order valence-electron chi connectivity index (χ1n) is 8.35. The van der Waals surface area contributed by atoms with Crippen LogP contribution in [0.3, 0.4) is 0 Å². The maximum absolute atomic E-state index is 12.1. The maximum Gasteiger partial charge on any atom is 0.244 e. The van der Waals surface area contributed by atoms with Crippen molar-refractivity contribution in [2.45, 2.75) is 6.54 Å². The summed E-state index contributed by atoms with van der Waals surface area (Å²) in [5, 5.41) is 2.84. The lowest BCUT2D eigenvalue weighted by Gasteiger charge is -2.07. The Morgan fingerprint density at radius 2 is 2.00 bits per heavy atom. The summed E-state index contributed by atoms with van der Waals surface area (Å²) in [7, 11) is 3.15. The van der Waals surface area contributed by atoms with Crippen molar-refractivity contribution < 1.29 is 18.7 Å². The summed E-state index contributed by atoms with van der Waals surface area (Å²) >= 11 is 0. The Bertz CT molecular complexity index is 933. The number of furan rings is 1. The van der Waals surface area contributed by atoms with Crippen molar-refractivity contribution in [3.63, 3.8) is 0 Å². The van der Waals surface area contributed by atoms with Gasteiger partial charge in [0.05, 0.1) is 20.5 Å². The van der Waals surface area contributed by atoms with Gasteiger partial charge in [0.2, 0.25) is 5.91 Å². The normalized spacial score (nSPS) is 10.7. The summed E-state index contributed by atoms with van der Waals surface area (Å²) < 4.78 is 15.8. The molecule has 1 N–H and O–H groups in total. The van der Waals surface area contributed by atoms with Gasteiger partial charge in [0.25, 0.3) is 0 Å². The number of hydrogen-bond donors (Lipinski definition) is 1. The van der Waals surface area contributed by atoms with Crippen LogP contribution in [0.4, 0.5) is 0 Å². The number of pyridine rings is 1. The lowest BCUT2D eigenvalue weighted by Crippen LogP contribution is -2.20. The average molecular weight is 364 g/mol. The van der Waals surface area contributed by atoms with E-state index in [1.807, 2.05) is 24.3 Å². The number of amides is 1. The molecule has 1 amide bonds. The minimum absolute atomic E-state index is 0.201. The van der Waals surface area contributed by atoms with E-state index in [-0.39, 0.29) is 5.91 Å². The zero-order chi connectivity index (χ0) is 19.1. The molecule has 2 heterocycles. The Balaban J connectivity index is 1.60. The van der Waals surface area contributed by atoms with E-state index in [2.05, 4.69) is 10.3 Å². The van der Waals surface area contributed by atoms with Crippen LogP contribution in [0.1, 0.15) is 11.1 Å². The Morgan fingerprint density at radius 3 is 2.74 bits per heavy atom. The van der Waals surface area contributed by atoms with Gasteiger partial charge in [-0.1, -0.05) is 6.07 Å². The zero-order valence-corrected chi connectivity index (χ0v) is 15.1. The van der Waals surface area contributed by atoms with Crippen LogP contribution in [0.2, 0.25) is 0 Å². The monoisotopic (exact) mass is 364 g/mol. The maximum atomic E-state index is 12.1. The minimum Gasteiger partial charge on any atom is -0.493 e. The molecule has 0 radical (unpaired) electrons. The molecule has 0 unspecified atom stereocenters. The zero-order valence-electron chi connectivity index (χ0n) is 15.1. The molecule has 0 aliphatic rings. The van der Waals surface area contributed by atoms with Crippen LogP contribution in [-0.4, -0.2) is 25.1 Å². The van der Waals surface area contributed by atoms with E-state index in [9.17, 15) is 4.79 Å². The molecule has 3 rings (SSSR count). The highest BCUT2D eigenvalue weighted by Gasteiger charge is 2.05. The molecule has 2 aromatic heterocycles. The number of carbonyl (C=O) groups is 1. The number of ether oxygens (including phenoxy) is 2. The first-order chi connectivity index (χ1) is 13.2. The molecule has 0 bridgehead atoms. The number of nitrogens with zero attached hydrogens (tertiary/aromatic N) is 1. The van der Waals surface area contributed by atoms with Gasteiger partial charge in [0.15, 0.2) is 11.5 Å². The summed E-state index contributed by atoms with van der Waals surface area (Å²) in [5.74, 6) is 1.79. The smallest absolute Gasteiger partial charge is 0.244 e. The third-order valence-corrected chi connectivity index (χ3v) is 3.90. The van der Waals surface area contributed by atoms with E-state index in [0.717, 1.165) is 22.5 Å². The molecule has 6 nitrogen and oxygen atoms in total. The highest BCUT2D eigenvalue weighted by atomic mass is 16.5. The van der Waals surface area contributed by atoms with Crippen molar-refractivity contribution in [1.82, 2.24) is 10.3 Å². The van der Waals surface area contributed by atoms with Gasteiger partial charge in [0, 0.05) is 30.6 Å². The predicted octanol–water partition coefficient (Wildman–Crippen LogP) is 3.69. The second-order valence-electron chi connectivity index (χ2n) is 5.72.